The molecule has 1 fully saturated rings. The lowest BCUT2D eigenvalue weighted by Gasteiger charge is -2.31. The highest BCUT2D eigenvalue weighted by atomic mass is 32.2. The summed E-state index contributed by atoms with van der Waals surface area (Å²) in [4.78, 5) is 26.7. The molecule has 0 aliphatic carbocycles. The average Bonchev–Trinajstić information content (AvgIpc) is 2.89. The topological polar surface area (TPSA) is 96.0 Å². The average molecular weight is 381 g/mol. The quantitative estimate of drug-likeness (QED) is 0.843. The van der Waals surface area contributed by atoms with Gasteiger partial charge in [-0.3, -0.25) is 4.79 Å². The van der Waals surface area contributed by atoms with E-state index in [1.807, 2.05) is 0 Å². The molecule has 142 valence electrons. The van der Waals surface area contributed by atoms with E-state index in [-0.39, 0.29) is 29.4 Å². The summed E-state index contributed by atoms with van der Waals surface area (Å²) < 4.78 is 33.0. The number of nitrogens with zero attached hydrogens (tertiary/aromatic N) is 2. The van der Waals surface area contributed by atoms with Gasteiger partial charge in [-0.05, 0) is 43.5 Å². The Morgan fingerprint density at radius 2 is 2.00 bits per heavy atom. The van der Waals surface area contributed by atoms with Crippen LogP contribution in [0.15, 0.2) is 23.1 Å². The number of fused-ring (bicyclic) bond motifs is 1. The lowest BCUT2D eigenvalue weighted by atomic mass is 10.1. The van der Waals surface area contributed by atoms with Crippen LogP contribution in [0.4, 0.5) is 10.5 Å². The number of ether oxygens (including phenoxy) is 1. The first-order chi connectivity index (χ1) is 12.3. The van der Waals surface area contributed by atoms with E-state index >= 15 is 0 Å². The number of amides is 2. The number of likely N-dealkylation sites (N-methyl/N-ethyl adjacent to an activating group) is 1. The zero-order valence-electron chi connectivity index (χ0n) is 14.9. The molecule has 2 aliphatic rings. The molecule has 1 saturated heterocycles. The minimum absolute atomic E-state index is 0.0474. The van der Waals surface area contributed by atoms with Crippen LogP contribution in [-0.2, 0) is 26.0 Å². The largest absolute Gasteiger partial charge is 0.450 e. The Kier molecular flexibility index (Phi) is 5.19. The van der Waals surface area contributed by atoms with Gasteiger partial charge in [0.05, 0.1) is 17.9 Å². The zero-order chi connectivity index (χ0) is 18.9. The second-order valence-electron chi connectivity index (χ2n) is 6.50. The Morgan fingerprint density at radius 1 is 1.31 bits per heavy atom. The summed E-state index contributed by atoms with van der Waals surface area (Å²) in [5, 5.41) is 0. The fourth-order valence-electron chi connectivity index (χ4n) is 3.30. The molecule has 3 rings (SSSR count). The second kappa shape index (κ2) is 7.24. The van der Waals surface area contributed by atoms with Gasteiger partial charge in [-0.15, -0.1) is 0 Å². The first-order valence-corrected chi connectivity index (χ1v) is 10.1. The number of hydrogen-bond donors (Lipinski definition) is 1. The van der Waals surface area contributed by atoms with Gasteiger partial charge in [0.25, 0.3) is 0 Å². The number of anilines is 1. The predicted molar refractivity (Wildman–Crippen MR) is 95.5 cm³/mol. The van der Waals surface area contributed by atoms with Crippen LogP contribution in [0.1, 0.15) is 25.3 Å². The van der Waals surface area contributed by atoms with Crippen molar-refractivity contribution in [2.75, 3.05) is 31.6 Å². The summed E-state index contributed by atoms with van der Waals surface area (Å²) >= 11 is 0. The van der Waals surface area contributed by atoms with Gasteiger partial charge in [0.1, 0.15) is 0 Å². The van der Waals surface area contributed by atoms with E-state index in [9.17, 15) is 18.0 Å². The molecule has 9 heteroatoms. The highest BCUT2D eigenvalue weighted by Gasteiger charge is 2.29. The maximum atomic E-state index is 12.7. The van der Waals surface area contributed by atoms with E-state index in [1.54, 1.807) is 31.0 Å². The van der Waals surface area contributed by atoms with Gasteiger partial charge in [0.2, 0.25) is 15.9 Å². The number of carbonyl (C=O) groups is 2. The molecule has 1 aromatic rings. The Bertz CT molecular complexity index is 816. The molecule has 0 spiro atoms. The number of rotatable bonds is 4. The van der Waals surface area contributed by atoms with Crippen LogP contribution in [-0.4, -0.2) is 58.1 Å². The summed E-state index contributed by atoms with van der Waals surface area (Å²) in [7, 11) is -2.00. The summed E-state index contributed by atoms with van der Waals surface area (Å²) in [6.07, 6.45) is 0.919. The summed E-state index contributed by atoms with van der Waals surface area (Å²) in [5.41, 5.74) is 1.47. The van der Waals surface area contributed by atoms with Crippen LogP contribution in [0.2, 0.25) is 0 Å². The number of likely N-dealkylation sites (tertiary alicyclic amines) is 1. The number of hydrogen-bond acceptors (Lipinski definition) is 5. The van der Waals surface area contributed by atoms with E-state index in [1.165, 1.54) is 11.0 Å². The first kappa shape index (κ1) is 18.7. The molecule has 8 nitrogen and oxygen atoms in total. The molecule has 0 atom stereocenters. The van der Waals surface area contributed by atoms with E-state index < -0.39 is 10.0 Å². The molecule has 0 unspecified atom stereocenters. The molecule has 0 saturated carbocycles. The van der Waals surface area contributed by atoms with Crippen molar-refractivity contribution >= 4 is 27.7 Å². The molecule has 0 aromatic heterocycles. The van der Waals surface area contributed by atoms with E-state index in [2.05, 4.69) is 4.72 Å². The molecule has 26 heavy (non-hydrogen) atoms. The SMILES string of the molecule is CCOC(=O)N1CCC(NS(=O)(=O)c2ccc3c(c2)CC(=O)N3C)CC1. The van der Waals surface area contributed by atoms with Crippen LogP contribution in [0.3, 0.4) is 0 Å². The number of piperidine rings is 1. The minimum atomic E-state index is -3.68. The van der Waals surface area contributed by atoms with Gasteiger partial charge in [-0.2, -0.15) is 0 Å². The maximum absolute atomic E-state index is 12.7. The highest BCUT2D eigenvalue weighted by Crippen LogP contribution is 2.30. The summed E-state index contributed by atoms with van der Waals surface area (Å²) in [6, 6.07) is 4.51. The molecule has 0 radical (unpaired) electrons. The van der Waals surface area contributed by atoms with E-state index in [0.717, 1.165) is 11.3 Å². The van der Waals surface area contributed by atoms with Crippen molar-refractivity contribution in [2.45, 2.75) is 37.1 Å². The summed E-state index contributed by atoms with van der Waals surface area (Å²) in [6.45, 7) is 2.98. The zero-order valence-corrected chi connectivity index (χ0v) is 15.7. The third kappa shape index (κ3) is 3.68. The number of carbonyl (C=O) groups excluding carboxylic acids is 2. The minimum Gasteiger partial charge on any atom is -0.450 e. The molecule has 0 bridgehead atoms. The van der Waals surface area contributed by atoms with Crippen LogP contribution in [0.25, 0.3) is 0 Å². The van der Waals surface area contributed by atoms with Gasteiger partial charge in [-0.25, -0.2) is 17.9 Å². The van der Waals surface area contributed by atoms with Gasteiger partial charge >= 0.3 is 6.09 Å². The maximum Gasteiger partial charge on any atom is 0.409 e. The standard InChI is InChI=1S/C17H23N3O5S/c1-3-25-17(22)20-8-6-13(7-9-20)18-26(23,24)14-4-5-15-12(10-14)11-16(21)19(15)2/h4-5,10,13,18H,3,6-9,11H2,1-2H3. The van der Waals surface area contributed by atoms with Crippen molar-refractivity contribution in [3.05, 3.63) is 23.8 Å². The van der Waals surface area contributed by atoms with Crippen molar-refractivity contribution < 1.29 is 22.7 Å². The third-order valence-corrected chi connectivity index (χ3v) is 6.30. The predicted octanol–water partition coefficient (Wildman–Crippen LogP) is 1.10. The Hall–Kier alpha value is -2.13. The van der Waals surface area contributed by atoms with Crippen molar-refractivity contribution in [1.29, 1.82) is 0 Å². The van der Waals surface area contributed by atoms with Crippen molar-refractivity contribution in [2.24, 2.45) is 0 Å². The van der Waals surface area contributed by atoms with Gasteiger partial charge < -0.3 is 14.5 Å². The van der Waals surface area contributed by atoms with E-state index in [0.29, 0.717) is 32.5 Å². The Morgan fingerprint density at radius 3 is 2.65 bits per heavy atom. The normalized spacial score (nSPS) is 18.2. The van der Waals surface area contributed by atoms with Crippen LogP contribution in [0.5, 0.6) is 0 Å². The van der Waals surface area contributed by atoms with Gasteiger partial charge in [0.15, 0.2) is 0 Å². The third-order valence-electron chi connectivity index (χ3n) is 4.78. The number of sulfonamides is 1. The summed E-state index contributed by atoms with van der Waals surface area (Å²) in [5.74, 6) is -0.0474. The Labute approximate surface area is 153 Å². The van der Waals surface area contributed by atoms with Gasteiger partial charge in [-0.1, -0.05) is 0 Å². The molecular weight excluding hydrogens is 358 g/mol. The molecular formula is C17H23N3O5S. The van der Waals surface area contributed by atoms with Crippen molar-refractivity contribution in [3.8, 4) is 0 Å². The van der Waals surface area contributed by atoms with Gasteiger partial charge in [0, 0.05) is 31.9 Å². The van der Waals surface area contributed by atoms with Crippen LogP contribution < -0.4 is 9.62 Å². The molecule has 2 amide bonds. The lowest BCUT2D eigenvalue weighted by Crippen LogP contribution is -2.46. The Balaban J connectivity index is 1.65. The smallest absolute Gasteiger partial charge is 0.409 e. The lowest BCUT2D eigenvalue weighted by molar-refractivity contribution is -0.117. The fourth-order valence-corrected chi connectivity index (χ4v) is 4.65. The monoisotopic (exact) mass is 381 g/mol. The molecule has 1 aromatic carbocycles. The van der Waals surface area contributed by atoms with Crippen molar-refractivity contribution in [3.63, 3.8) is 0 Å². The van der Waals surface area contributed by atoms with Crippen LogP contribution >= 0.6 is 0 Å². The first-order valence-electron chi connectivity index (χ1n) is 8.65. The molecule has 1 N–H and O–H groups in total. The number of nitrogens with one attached hydrogen (secondary N) is 1. The number of benzene rings is 1. The molecule has 2 aliphatic heterocycles. The highest BCUT2D eigenvalue weighted by molar-refractivity contribution is 7.89. The van der Waals surface area contributed by atoms with Crippen LogP contribution in [0, 0.1) is 0 Å². The fraction of sp³-hybridized carbons (Fsp3) is 0.529. The second-order valence-corrected chi connectivity index (χ2v) is 8.22. The van der Waals surface area contributed by atoms with Crippen molar-refractivity contribution in [1.82, 2.24) is 9.62 Å². The molecule has 2 heterocycles. The van der Waals surface area contributed by atoms with E-state index in [4.69, 9.17) is 4.74 Å².